The Bertz CT molecular complexity index is 551. The van der Waals surface area contributed by atoms with Gasteiger partial charge in [0.15, 0.2) is 5.78 Å². The highest BCUT2D eigenvalue weighted by molar-refractivity contribution is 8.04. The number of nitrogens with one attached hydrogen (secondary N) is 1. The molecule has 2 aliphatic rings. The summed E-state index contributed by atoms with van der Waals surface area (Å²) in [6.45, 7) is 7.69. The van der Waals surface area contributed by atoms with Gasteiger partial charge in [-0.3, -0.25) is 19.3 Å². The molecular formula is C18H28N2O3S. The van der Waals surface area contributed by atoms with Gasteiger partial charge in [0.2, 0.25) is 11.8 Å². The van der Waals surface area contributed by atoms with E-state index in [1.807, 2.05) is 20.8 Å². The number of carbonyl (C=O) groups excluding carboxylic acids is 3. The van der Waals surface area contributed by atoms with Gasteiger partial charge in [-0.25, -0.2) is 0 Å². The van der Waals surface area contributed by atoms with Crippen LogP contribution in [0.25, 0.3) is 0 Å². The summed E-state index contributed by atoms with van der Waals surface area (Å²) in [5.41, 5.74) is -0.495. The molecule has 1 N–H and O–H groups in total. The first-order valence-corrected chi connectivity index (χ1v) is 9.65. The number of nitrogens with zero attached hydrogens (tertiary/aromatic N) is 1. The smallest absolute Gasteiger partial charge is 0.240 e. The molecule has 134 valence electrons. The Kier molecular flexibility index (Phi) is 6.12. The highest BCUT2D eigenvalue weighted by Crippen LogP contribution is 2.30. The maximum absolute atomic E-state index is 12.4. The van der Waals surface area contributed by atoms with Gasteiger partial charge in [-0.1, -0.05) is 52.3 Å². The SMILES string of the molecule is C[C@@H]1CCCC[C@@H]1NC(=O)CN1C(=O)CS/C1=C\C(=O)C(C)(C)C. The van der Waals surface area contributed by atoms with Gasteiger partial charge in [0.1, 0.15) is 6.54 Å². The summed E-state index contributed by atoms with van der Waals surface area (Å²) in [5.74, 6) is 0.476. The molecule has 0 aromatic carbocycles. The second kappa shape index (κ2) is 7.72. The largest absolute Gasteiger partial charge is 0.352 e. The Labute approximate surface area is 148 Å². The van der Waals surface area contributed by atoms with Crippen LogP contribution in [-0.4, -0.2) is 40.8 Å². The van der Waals surface area contributed by atoms with Crippen LogP contribution in [0.2, 0.25) is 0 Å². The quantitative estimate of drug-likeness (QED) is 0.790. The molecular weight excluding hydrogens is 324 g/mol. The maximum Gasteiger partial charge on any atom is 0.240 e. The molecule has 2 rings (SSSR count). The molecule has 0 radical (unpaired) electrons. The third kappa shape index (κ3) is 4.85. The van der Waals surface area contributed by atoms with Crippen molar-refractivity contribution in [2.75, 3.05) is 12.3 Å². The standard InChI is InChI=1S/C18H28N2O3S/c1-12-7-5-6-8-13(12)19-15(22)10-20-16(23)11-24-17(20)9-14(21)18(2,3)4/h9,12-13H,5-8,10-11H2,1-4H3,(H,19,22)/b17-9-/t12-,13+/m1/s1. The van der Waals surface area contributed by atoms with Gasteiger partial charge in [-0.15, -0.1) is 0 Å². The molecule has 0 aromatic rings. The molecule has 5 nitrogen and oxygen atoms in total. The Morgan fingerprint density at radius 2 is 1.96 bits per heavy atom. The predicted octanol–water partition coefficient (Wildman–Crippen LogP) is 2.71. The fourth-order valence-corrected chi connectivity index (χ4v) is 3.90. The molecule has 1 aliphatic heterocycles. The zero-order valence-electron chi connectivity index (χ0n) is 15.1. The number of carbonyl (C=O) groups is 3. The average molecular weight is 353 g/mol. The normalized spacial score (nSPS) is 26.8. The molecule has 2 atom stereocenters. The van der Waals surface area contributed by atoms with E-state index in [9.17, 15) is 14.4 Å². The van der Waals surface area contributed by atoms with Crippen LogP contribution in [0.1, 0.15) is 53.4 Å². The maximum atomic E-state index is 12.4. The van der Waals surface area contributed by atoms with Gasteiger partial charge in [-0.05, 0) is 18.8 Å². The molecule has 0 bridgehead atoms. The van der Waals surface area contributed by atoms with Gasteiger partial charge in [0.25, 0.3) is 0 Å². The van der Waals surface area contributed by atoms with Crippen molar-refractivity contribution in [3.05, 3.63) is 11.1 Å². The lowest BCUT2D eigenvalue weighted by atomic mass is 9.86. The first kappa shape index (κ1) is 19.0. The van der Waals surface area contributed by atoms with Gasteiger partial charge < -0.3 is 5.32 Å². The summed E-state index contributed by atoms with van der Waals surface area (Å²) in [6, 6.07) is 0.195. The summed E-state index contributed by atoms with van der Waals surface area (Å²) < 4.78 is 0. The van der Waals surface area contributed by atoms with Crippen molar-refractivity contribution in [2.24, 2.45) is 11.3 Å². The van der Waals surface area contributed by atoms with Crippen molar-refractivity contribution >= 4 is 29.4 Å². The van der Waals surface area contributed by atoms with E-state index in [1.54, 1.807) is 0 Å². The zero-order valence-corrected chi connectivity index (χ0v) is 15.9. The van der Waals surface area contributed by atoms with E-state index >= 15 is 0 Å². The highest BCUT2D eigenvalue weighted by Gasteiger charge is 2.32. The van der Waals surface area contributed by atoms with Gasteiger partial charge in [0, 0.05) is 17.5 Å². The van der Waals surface area contributed by atoms with Gasteiger partial charge in [-0.2, -0.15) is 0 Å². The molecule has 0 aromatic heterocycles. The number of rotatable bonds is 4. The molecule has 1 saturated heterocycles. The Balaban J connectivity index is 2.00. The number of hydrogen-bond acceptors (Lipinski definition) is 4. The van der Waals surface area contributed by atoms with E-state index < -0.39 is 5.41 Å². The van der Waals surface area contributed by atoms with Crippen molar-refractivity contribution in [2.45, 2.75) is 59.4 Å². The Morgan fingerprint density at radius 1 is 1.29 bits per heavy atom. The summed E-state index contributed by atoms with van der Waals surface area (Å²) in [4.78, 5) is 38.1. The number of amides is 2. The van der Waals surface area contributed by atoms with E-state index in [2.05, 4.69) is 12.2 Å². The monoisotopic (exact) mass is 352 g/mol. The topological polar surface area (TPSA) is 66.5 Å². The van der Waals surface area contributed by atoms with Crippen molar-refractivity contribution in [1.82, 2.24) is 10.2 Å². The third-order valence-corrected chi connectivity index (χ3v) is 5.69. The van der Waals surface area contributed by atoms with E-state index in [4.69, 9.17) is 0 Å². The Hall–Kier alpha value is -1.30. The van der Waals surface area contributed by atoms with Crippen LogP contribution in [0.3, 0.4) is 0 Å². The minimum atomic E-state index is -0.495. The van der Waals surface area contributed by atoms with Gasteiger partial charge >= 0.3 is 0 Å². The molecule has 0 spiro atoms. The van der Waals surface area contributed by atoms with E-state index in [1.165, 1.54) is 29.2 Å². The molecule has 2 amide bonds. The van der Waals surface area contributed by atoms with Crippen LogP contribution >= 0.6 is 11.8 Å². The molecule has 24 heavy (non-hydrogen) atoms. The minimum absolute atomic E-state index is 0.00168. The molecule has 6 heteroatoms. The number of ketones is 1. The van der Waals surface area contributed by atoms with Crippen molar-refractivity contribution in [1.29, 1.82) is 0 Å². The van der Waals surface area contributed by atoms with Crippen LogP contribution in [0.5, 0.6) is 0 Å². The predicted molar refractivity (Wildman–Crippen MR) is 96.3 cm³/mol. The number of hydrogen-bond donors (Lipinski definition) is 1. The van der Waals surface area contributed by atoms with Crippen molar-refractivity contribution in [3.63, 3.8) is 0 Å². The van der Waals surface area contributed by atoms with Crippen LogP contribution < -0.4 is 5.32 Å². The highest BCUT2D eigenvalue weighted by atomic mass is 32.2. The van der Waals surface area contributed by atoms with Crippen molar-refractivity contribution in [3.8, 4) is 0 Å². The van der Waals surface area contributed by atoms with E-state index in [0.29, 0.717) is 10.9 Å². The third-order valence-electron chi connectivity index (χ3n) is 4.66. The van der Waals surface area contributed by atoms with E-state index in [-0.39, 0.29) is 35.9 Å². The van der Waals surface area contributed by atoms with Crippen LogP contribution in [0.4, 0.5) is 0 Å². The lowest BCUT2D eigenvalue weighted by molar-refractivity contribution is -0.131. The molecule has 2 fully saturated rings. The second-order valence-electron chi connectivity index (χ2n) is 7.80. The fourth-order valence-electron chi connectivity index (χ4n) is 2.96. The van der Waals surface area contributed by atoms with Crippen LogP contribution in [-0.2, 0) is 14.4 Å². The molecule has 0 unspecified atom stereocenters. The fraction of sp³-hybridized carbons (Fsp3) is 0.722. The molecule has 1 aliphatic carbocycles. The summed E-state index contributed by atoms with van der Waals surface area (Å²) in [6.07, 6.45) is 6.00. The summed E-state index contributed by atoms with van der Waals surface area (Å²) in [5, 5.41) is 3.66. The van der Waals surface area contributed by atoms with Gasteiger partial charge in [0.05, 0.1) is 10.8 Å². The van der Waals surface area contributed by atoms with Crippen LogP contribution in [0, 0.1) is 11.3 Å². The number of thioether (sulfide) groups is 1. The molecule has 1 saturated carbocycles. The summed E-state index contributed by atoms with van der Waals surface area (Å²) in [7, 11) is 0. The first-order valence-electron chi connectivity index (χ1n) is 8.67. The second-order valence-corrected chi connectivity index (χ2v) is 8.80. The van der Waals surface area contributed by atoms with Crippen LogP contribution in [0.15, 0.2) is 11.1 Å². The first-order chi connectivity index (χ1) is 11.2. The zero-order chi connectivity index (χ0) is 17.9. The lowest BCUT2D eigenvalue weighted by Crippen LogP contribution is -2.45. The van der Waals surface area contributed by atoms with E-state index in [0.717, 1.165) is 19.3 Å². The lowest BCUT2D eigenvalue weighted by Gasteiger charge is -2.30. The average Bonchev–Trinajstić information content (AvgIpc) is 2.81. The number of allylic oxidation sites excluding steroid dienone is 1. The molecule has 1 heterocycles. The summed E-state index contributed by atoms with van der Waals surface area (Å²) >= 11 is 1.33. The minimum Gasteiger partial charge on any atom is -0.352 e. The Morgan fingerprint density at radius 3 is 2.58 bits per heavy atom. The van der Waals surface area contributed by atoms with Crippen molar-refractivity contribution < 1.29 is 14.4 Å².